The van der Waals surface area contributed by atoms with E-state index in [0.29, 0.717) is 6.42 Å². The van der Waals surface area contributed by atoms with E-state index in [0.717, 1.165) is 43.8 Å². The number of carbonyl (C=O) groups excluding carboxylic acids is 2. The Morgan fingerprint density at radius 1 is 1.20 bits per heavy atom. The van der Waals surface area contributed by atoms with Crippen LogP contribution in [0.15, 0.2) is 24.3 Å². The Morgan fingerprint density at radius 3 is 2.40 bits per heavy atom. The van der Waals surface area contributed by atoms with Gasteiger partial charge in [0.15, 0.2) is 0 Å². The molecule has 0 aromatic heterocycles. The molecule has 25 heavy (non-hydrogen) atoms. The molecule has 2 rings (SSSR count). The number of carbonyl (C=O) groups is 2. The quantitative estimate of drug-likeness (QED) is 0.829. The van der Waals surface area contributed by atoms with Crippen molar-refractivity contribution in [3.63, 3.8) is 0 Å². The van der Waals surface area contributed by atoms with E-state index >= 15 is 0 Å². The van der Waals surface area contributed by atoms with Gasteiger partial charge in [-0.15, -0.1) is 0 Å². The van der Waals surface area contributed by atoms with E-state index in [2.05, 4.69) is 10.6 Å². The molecule has 1 aromatic carbocycles. The molecule has 2 N–H and O–H groups in total. The molecule has 1 atom stereocenters. The van der Waals surface area contributed by atoms with Gasteiger partial charge in [-0.1, -0.05) is 19.1 Å². The molecule has 1 saturated heterocycles. The summed E-state index contributed by atoms with van der Waals surface area (Å²) in [5.74, 6) is -0.00967. The highest BCUT2D eigenvalue weighted by Crippen LogP contribution is 2.18. The highest BCUT2D eigenvalue weighted by atomic mass is 16.5. The summed E-state index contributed by atoms with van der Waals surface area (Å²) in [6, 6.07) is 7.45. The number of amides is 3. The number of rotatable bonds is 6. The molecule has 0 aliphatic carbocycles. The zero-order valence-corrected chi connectivity index (χ0v) is 15.4. The van der Waals surface area contributed by atoms with Crippen molar-refractivity contribution in [1.82, 2.24) is 10.2 Å². The fraction of sp³-hybridized carbons (Fsp3) is 0.579. The highest BCUT2D eigenvalue weighted by molar-refractivity contribution is 5.90. The van der Waals surface area contributed by atoms with Crippen molar-refractivity contribution in [2.24, 2.45) is 0 Å². The Morgan fingerprint density at radius 2 is 1.84 bits per heavy atom. The Bertz CT molecular complexity index is 566. The highest BCUT2D eigenvalue weighted by Gasteiger charge is 2.23. The van der Waals surface area contributed by atoms with E-state index in [1.165, 1.54) is 0 Å². The molecule has 138 valence electrons. The standard InChI is InChI=1S/C19H29N3O3/c1-4-18(23)21-16-8-6-15(7-9-16)14(3)20-19(24)22-12-10-17(11-13-22)25-5-2/h6-9,14,17H,4-5,10-13H2,1-3H3,(H,20,24)(H,21,23)/t14-/m0/s1. The fourth-order valence-electron chi connectivity index (χ4n) is 2.93. The Kier molecular flexibility index (Phi) is 7.25. The molecule has 1 aliphatic heterocycles. The monoisotopic (exact) mass is 347 g/mol. The maximum absolute atomic E-state index is 12.4. The van der Waals surface area contributed by atoms with Crippen LogP contribution in [0.1, 0.15) is 51.6 Å². The van der Waals surface area contributed by atoms with Gasteiger partial charge in [-0.05, 0) is 44.4 Å². The molecule has 0 saturated carbocycles. The molecule has 3 amide bonds. The molecule has 6 heteroatoms. The largest absolute Gasteiger partial charge is 0.378 e. The number of piperidine rings is 1. The van der Waals surface area contributed by atoms with E-state index in [4.69, 9.17) is 4.74 Å². The van der Waals surface area contributed by atoms with Crippen molar-refractivity contribution in [2.45, 2.75) is 52.2 Å². The number of hydrogen-bond acceptors (Lipinski definition) is 3. The molecule has 0 radical (unpaired) electrons. The van der Waals surface area contributed by atoms with E-state index in [9.17, 15) is 9.59 Å². The molecule has 0 unspecified atom stereocenters. The molecule has 1 aliphatic rings. The summed E-state index contributed by atoms with van der Waals surface area (Å²) >= 11 is 0. The van der Waals surface area contributed by atoms with Crippen LogP contribution in [0.5, 0.6) is 0 Å². The SMILES string of the molecule is CCOC1CCN(C(=O)N[C@@H](C)c2ccc(NC(=O)CC)cc2)CC1. The van der Waals surface area contributed by atoms with Crippen molar-refractivity contribution in [1.29, 1.82) is 0 Å². The first-order valence-corrected chi connectivity index (χ1v) is 9.10. The number of likely N-dealkylation sites (tertiary alicyclic amines) is 1. The van der Waals surface area contributed by atoms with E-state index in [1.807, 2.05) is 49.9 Å². The van der Waals surface area contributed by atoms with Crippen LogP contribution in [0.4, 0.5) is 10.5 Å². The van der Waals surface area contributed by atoms with Crippen LogP contribution in [0, 0.1) is 0 Å². The lowest BCUT2D eigenvalue weighted by Crippen LogP contribution is -2.46. The van der Waals surface area contributed by atoms with Crippen molar-refractivity contribution in [2.75, 3.05) is 25.0 Å². The Balaban J connectivity index is 1.83. The third-order valence-corrected chi connectivity index (χ3v) is 4.49. The summed E-state index contributed by atoms with van der Waals surface area (Å²) in [5.41, 5.74) is 1.78. The van der Waals surface area contributed by atoms with Crippen LogP contribution in [-0.2, 0) is 9.53 Å². The summed E-state index contributed by atoms with van der Waals surface area (Å²) in [4.78, 5) is 25.7. The molecule has 1 aromatic rings. The summed E-state index contributed by atoms with van der Waals surface area (Å²) in [6.07, 6.45) is 2.51. The predicted molar refractivity (Wildman–Crippen MR) is 98.5 cm³/mol. The first-order chi connectivity index (χ1) is 12.0. The van der Waals surface area contributed by atoms with Crippen LogP contribution in [0.25, 0.3) is 0 Å². The second-order valence-electron chi connectivity index (χ2n) is 6.34. The van der Waals surface area contributed by atoms with Gasteiger partial charge in [0.05, 0.1) is 12.1 Å². The predicted octanol–water partition coefficient (Wildman–Crippen LogP) is 3.31. The number of nitrogens with zero attached hydrogens (tertiary/aromatic N) is 1. The van der Waals surface area contributed by atoms with Gasteiger partial charge in [-0.3, -0.25) is 4.79 Å². The van der Waals surface area contributed by atoms with Crippen LogP contribution < -0.4 is 10.6 Å². The third-order valence-electron chi connectivity index (χ3n) is 4.49. The number of anilines is 1. The van der Waals surface area contributed by atoms with Gasteiger partial charge in [0, 0.05) is 31.8 Å². The number of urea groups is 1. The molecule has 1 fully saturated rings. The first kappa shape index (κ1) is 19.2. The second kappa shape index (κ2) is 9.42. The number of ether oxygens (including phenoxy) is 1. The van der Waals surface area contributed by atoms with E-state index < -0.39 is 0 Å². The lowest BCUT2D eigenvalue weighted by molar-refractivity contribution is -0.115. The first-order valence-electron chi connectivity index (χ1n) is 9.10. The molecular weight excluding hydrogens is 318 g/mol. The smallest absolute Gasteiger partial charge is 0.317 e. The minimum atomic E-state index is -0.0898. The van der Waals surface area contributed by atoms with Crippen molar-refractivity contribution in [3.8, 4) is 0 Å². The van der Waals surface area contributed by atoms with Gasteiger partial charge in [0.2, 0.25) is 5.91 Å². The van der Waals surface area contributed by atoms with Crippen LogP contribution in [0.2, 0.25) is 0 Å². The summed E-state index contributed by atoms with van der Waals surface area (Å²) < 4.78 is 5.62. The number of hydrogen-bond donors (Lipinski definition) is 2. The molecular formula is C19H29N3O3. The Labute approximate surface area is 149 Å². The van der Waals surface area contributed by atoms with Crippen molar-refractivity contribution >= 4 is 17.6 Å². The lowest BCUT2D eigenvalue weighted by Gasteiger charge is -2.32. The maximum Gasteiger partial charge on any atom is 0.317 e. The average Bonchev–Trinajstić information content (AvgIpc) is 2.63. The lowest BCUT2D eigenvalue weighted by atomic mass is 10.1. The van der Waals surface area contributed by atoms with Crippen molar-refractivity contribution < 1.29 is 14.3 Å². The third kappa shape index (κ3) is 5.74. The second-order valence-corrected chi connectivity index (χ2v) is 6.34. The van der Waals surface area contributed by atoms with Crippen molar-refractivity contribution in [3.05, 3.63) is 29.8 Å². The van der Waals surface area contributed by atoms with Gasteiger partial charge < -0.3 is 20.3 Å². The minimum Gasteiger partial charge on any atom is -0.378 e. The number of benzene rings is 1. The number of nitrogens with one attached hydrogen (secondary N) is 2. The summed E-state index contributed by atoms with van der Waals surface area (Å²) in [5, 5.41) is 5.86. The van der Waals surface area contributed by atoms with Crippen LogP contribution >= 0.6 is 0 Å². The average molecular weight is 347 g/mol. The van der Waals surface area contributed by atoms with Crippen LogP contribution in [0.3, 0.4) is 0 Å². The zero-order valence-electron chi connectivity index (χ0n) is 15.4. The minimum absolute atomic E-state index is 0.00967. The van der Waals surface area contributed by atoms with Gasteiger partial charge in [0.1, 0.15) is 0 Å². The van der Waals surface area contributed by atoms with E-state index in [-0.39, 0.29) is 24.1 Å². The Hall–Kier alpha value is -2.08. The van der Waals surface area contributed by atoms with Gasteiger partial charge in [-0.2, -0.15) is 0 Å². The molecule has 6 nitrogen and oxygen atoms in total. The maximum atomic E-state index is 12.4. The van der Waals surface area contributed by atoms with Gasteiger partial charge in [-0.25, -0.2) is 4.79 Å². The summed E-state index contributed by atoms with van der Waals surface area (Å²) in [7, 11) is 0. The zero-order chi connectivity index (χ0) is 18.2. The van der Waals surface area contributed by atoms with Crippen LogP contribution in [-0.4, -0.2) is 42.6 Å². The molecule has 1 heterocycles. The van der Waals surface area contributed by atoms with E-state index in [1.54, 1.807) is 0 Å². The fourth-order valence-corrected chi connectivity index (χ4v) is 2.93. The van der Waals surface area contributed by atoms with Gasteiger partial charge in [0.25, 0.3) is 0 Å². The normalized spacial score (nSPS) is 16.4. The van der Waals surface area contributed by atoms with Gasteiger partial charge >= 0.3 is 6.03 Å². The summed E-state index contributed by atoms with van der Waals surface area (Å²) in [6.45, 7) is 7.96. The molecule has 0 bridgehead atoms. The molecule has 0 spiro atoms. The topological polar surface area (TPSA) is 70.7 Å².